The van der Waals surface area contributed by atoms with E-state index in [1.807, 2.05) is 30.6 Å². The summed E-state index contributed by atoms with van der Waals surface area (Å²) in [6, 6.07) is 5.76. The summed E-state index contributed by atoms with van der Waals surface area (Å²) in [5.74, 6) is 1.46. The van der Waals surface area contributed by atoms with E-state index in [0.717, 1.165) is 54.3 Å². The van der Waals surface area contributed by atoms with Crippen molar-refractivity contribution in [3.05, 3.63) is 58.6 Å². The molecule has 0 bridgehead atoms. The highest BCUT2D eigenvalue weighted by Crippen LogP contribution is 2.38. The maximum atomic E-state index is 6.21. The second-order valence-corrected chi connectivity index (χ2v) is 9.87. The monoisotopic (exact) mass is 495 g/mol. The van der Waals surface area contributed by atoms with Crippen molar-refractivity contribution in [1.82, 2.24) is 30.5 Å². The van der Waals surface area contributed by atoms with E-state index >= 15 is 0 Å². The van der Waals surface area contributed by atoms with Gasteiger partial charge in [0.2, 0.25) is 5.95 Å². The highest BCUT2D eigenvalue weighted by Gasteiger charge is 2.44. The zero-order valence-electron chi connectivity index (χ0n) is 18.4. The van der Waals surface area contributed by atoms with Gasteiger partial charge in [-0.1, -0.05) is 23.2 Å². The smallest absolute Gasteiger partial charge is 0.225 e. The molecule has 0 radical (unpaired) electrons. The van der Waals surface area contributed by atoms with Crippen LogP contribution in [0.3, 0.4) is 0 Å². The van der Waals surface area contributed by atoms with E-state index in [-0.39, 0.29) is 6.61 Å². The molecule has 5 heterocycles. The largest absolute Gasteiger partial charge is 0.489 e. The molecule has 34 heavy (non-hydrogen) atoms. The molecule has 0 unspecified atom stereocenters. The fraction of sp³-hybridized carbons (Fsp3) is 0.333. The summed E-state index contributed by atoms with van der Waals surface area (Å²) in [6.07, 6.45) is 9.31. The molecule has 1 aromatic carbocycles. The Morgan fingerprint density at radius 1 is 1.06 bits per heavy atom. The minimum absolute atomic E-state index is 0.240. The molecule has 2 fully saturated rings. The summed E-state index contributed by atoms with van der Waals surface area (Å²) < 4.78 is 5.97. The van der Waals surface area contributed by atoms with Crippen LogP contribution in [0.25, 0.3) is 22.2 Å². The molecule has 4 aromatic rings. The summed E-state index contributed by atoms with van der Waals surface area (Å²) in [7, 11) is 0. The van der Waals surface area contributed by atoms with Gasteiger partial charge in [-0.3, -0.25) is 10.1 Å². The Balaban J connectivity index is 1.19. The van der Waals surface area contributed by atoms with Gasteiger partial charge in [0.1, 0.15) is 18.1 Å². The van der Waals surface area contributed by atoms with E-state index in [4.69, 9.17) is 27.9 Å². The van der Waals surface area contributed by atoms with Crippen LogP contribution in [0.15, 0.2) is 43.0 Å². The van der Waals surface area contributed by atoms with Gasteiger partial charge in [0.15, 0.2) is 0 Å². The second kappa shape index (κ2) is 8.69. The lowest BCUT2D eigenvalue weighted by atomic mass is 9.74. The van der Waals surface area contributed by atoms with Crippen LogP contribution in [-0.4, -0.2) is 51.3 Å². The van der Waals surface area contributed by atoms with Gasteiger partial charge in [-0.25, -0.2) is 9.97 Å². The number of fused-ring (bicyclic) bond motifs is 1. The van der Waals surface area contributed by atoms with Crippen LogP contribution < -0.4 is 15.0 Å². The third-order valence-corrected chi connectivity index (χ3v) is 7.33. The number of halogens is 2. The van der Waals surface area contributed by atoms with Crippen LogP contribution in [0.5, 0.6) is 5.75 Å². The molecular weight excluding hydrogens is 473 g/mol. The summed E-state index contributed by atoms with van der Waals surface area (Å²) in [4.78, 5) is 15.5. The summed E-state index contributed by atoms with van der Waals surface area (Å²) in [6.45, 7) is 4.48. The molecule has 174 valence electrons. The number of aromatic nitrogens is 5. The number of nitrogens with zero attached hydrogens (tertiary/aromatic N) is 5. The number of ether oxygens (including phenoxy) is 1. The SMILES string of the molecule is Clc1cncc(Cl)c1COc1ccc2[nH]nc(-c3cnc(N4CC5(CCCNC5)C4)nc3)c2c1. The number of nitrogens with one attached hydrogen (secondary N) is 2. The van der Waals surface area contributed by atoms with Crippen LogP contribution in [-0.2, 0) is 6.61 Å². The standard InChI is InChI=1S/C24H23Cl2N7O/c25-19-9-28-10-20(26)18(19)11-34-16-2-3-21-17(6-16)22(32-31-21)15-7-29-23(30-8-15)33-13-24(14-33)4-1-5-27-12-24/h2-3,6-10,27H,1,4-5,11-14H2,(H,31,32). The molecule has 3 aromatic heterocycles. The summed E-state index contributed by atoms with van der Waals surface area (Å²) >= 11 is 12.4. The van der Waals surface area contributed by atoms with Crippen molar-refractivity contribution in [3.8, 4) is 17.0 Å². The summed E-state index contributed by atoms with van der Waals surface area (Å²) in [5.41, 5.74) is 3.62. The van der Waals surface area contributed by atoms with Crippen LogP contribution >= 0.6 is 23.2 Å². The van der Waals surface area contributed by atoms with Gasteiger partial charge in [0.25, 0.3) is 0 Å². The van der Waals surface area contributed by atoms with Gasteiger partial charge < -0.3 is 15.0 Å². The zero-order chi connectivity index (χ0) is 23.1. The molecule has 10 heteroatoms. The highest BCUT2D eigenvalue weighted by atomic mass is 35.5. The predicted octanol–water partition coefficient (Wildman–Crippen LogP) is 4.49. The fourth-order valence-electron chi connectivity index (χ4n) is 4.85. The number of pyridine rings is 1. The zero-order valence-corrected chi connectivity index (χ0v) is 19.9. The maximum absolute atomic E-state index is 6.21. The van der Waals surface area contributed by atoms with Crippen molar-refractivity contribution in [2.24, 2.45) is 5.41 Å². The van der Waals surface area contributed by atoms with Crippen LogP contribution in [0, 0.1) is 5.41 Å². The van der Waals surface area contributed by atoms with E-state index in [1.165, 1.54) is 12.8 Å². The van der Waals surface area contributed by atoms with Gasteiger partial charge in [0, 0.05) is 66.3 Å². The number of aromatic amines is 1. The third-order valence-electron chi connectivity index (χ3n) is 6.68. The molecule has 2 saturated heterocycles. The molecule has 0 saturated carbocycles. The number of benzene rings is 1. The number of hydrogen-bond acceptors (Lipinski definition) is 7. The molecule has 6 rings (SSSR count). The van der Waals surface area contributed by atoms with Gasteiger partial charge in [0.05, 0.1) is 15.6 Å². The Kier molecular flexibility index (Phi) is 5.51. The minimum Gasteiger partial charge on any atom is -0.489 e. The lowest BCUT2D eigenvalue weighted by molar-refractivity contribution is 0.155. The van der Waals surface area contributed by atoms with Crippen LogP contribution in [0.1, 0.15) is 18.4 Å². The lowest BCUT2D eigenvalue weighted by Gasteiger charge is -2.52. The normalized spacial score (nSPS) is 17.2. The highest BCUT2D eigenvalue weighted by molar-refractivity contribution is 6.35. The van der Waals surface area contributed by atoms with E-state index in [0.29, 0.717) is 26.8 Å². The first kappa shape index (κ1) is 21.6. The Bertz CT molecular complexity index is 1310. The van der Waals surface area contributed by atoms with Crippen molar-refractivity contribution < 1.29 is 4.74 Å². The van der Waals surface area contributed by atoms with Crippen molar-refractivity contribution in [1.29, 1.82) is 0 Å². The molecule has 2 N–H and O–H groups in total. The average molecular weight is 496 g/mol. The number of rotatable bonds is 5. The lowest BCUT2D eigenvalue weighted by Crippen LogP contribution is -2.62. The molecule has 0 atom stereocenters. The number of H-pyrrole nitrogens is 1. The topological polar surface area (TPSA) is 91.8 Å². The van der Waals surface area contributed by atoms with E-state index in [1.54, 1.807) is 12.4 Å². The maximum Gasteiger partial charge on any atom is 0.225 e. The second-order valence-electron chi connectivity index (χ2n) is 9.06. The number of anilines is 1. The Hall–Kier alpha value is -2.94. The van der Waals surface area contributed by atoms with Gasteiger partial charge in [-0.2, -0.15) is 5.10 Å². The van der Waals surface area contributed by atoms with Crippen LogP contribution in [0.4, 0.5) is 5.95 Å². The molecule has 8 nitrogen and oxygen atoms in total. The quantitative estimate of drug-likeness (QED) is 0.421. The first-order valence-corrected chi connectivity index (χ1v) is 12.0. The van der Waals surface area contributed by atoms with Crippen molar-refractivity contribution in [2.75, 3.05) is 31.1 Å². The minimum atomic E-state index is 0.240. The molecule has 0 aliphatic carbocycles. The number of piperidine rings is 1. The van der Waals surface area contributed by atoms with Crippen molar-refractivity contribution >= 4 is 40.1 Å². The van der Waals surface area contributed by atoms with Crippen molar-refractivity contribution in [2.45, 2.75) is 19.4 Å². The van der Waals surface area contributed by atoms with Crippen LogP contribution in [0.2, 0.25) is 10.0 Å². The van der Waals surface area contributed by atoms with E-state index in [9.17, 15) is 0 Å². The number of hydrogen-bond donors (Lipinski definition) is 2. The molecular formula is C24H23Cl2N7O. The van der Waals surface area contributed by atoms with Gasteiger partial charge >= 0.3 is 0 Å². The summed E-state index contributed by atoms with van der Waals surface area (Å²) in [5, 5.41) is 13.0. The van der Waals surface area contributed by atoms with Gasteiger partial charge in [-0.05, 0) is 37.6 Å². The molecule has 2 aliphatic heterocycles. The third kappa shape index (κ3) is 3.96. The Labute approximate surface area is 206 Å². The van der Waals surface area contributed by atoms with Crippen molar-refractivity contribution in [3.63, 3.8) is 0 Å². The average Bonchev–Trinajstić information content (AvgIpc) is 3.26. The molecule has 2 aliphatic rings. The Morgan fingerprint density at radius 3 is 2.59 bits per heavy atom. The van der Waals surface area contributed by atoms with E-state index < -0.39 is 0 Å². The molecule has 0 amide bonds. The Morgan fingerprint density at radius 2 is 1.85 bits per heavy atom. The molecule has 1 spiro atoms. The fourth-order valence-corrected chi connectivity index (χ4v) is 5.32. The predicted molar refractivity (Wildman–Crippen MR) is 132 cm³/mol. The first-order valence-electron chi connectivity index (χ1n) is 11.3. The van der Waals surface area contributed by atoms with Gasteiger partial charge in [-0.15, -0.1) is 0 Å². The first-order chi connectivity index (χ1) is 16.6. The van der Waals surface area contributed by atoms with E-state index in [2.05, 4.69) is 35.4 Å².